The highest BCUT2D eigenvalue weighted by molar-refractivity contribution is 5.63. The van der Waals surface area contributed by atoms with Gasteiger partial charge in [0.1, 0.15) is 5.75 Å². The molecule has 0 saturated carbocycles. The molecule has 0 saturated heterocycles. The molecular weight excluding hydrogens is 240 g/mol. The summed E-state index contributed by atoms with van der Waals surface area (Å²) < 4.78 is 5.74. The summed E-state index contributed by atoms with van der Waals surface area (Å²) in [4.78, 5) is 0. The Bertz CT molecular complexity index is 400. The highest BCUT2D eigenvalue weighted by Gasteiger charge is 2.12. The molecule has 1 rings (SSSR count). The molecule has 106 valence electrons. The summed E-state index contributed by atoms with van der Waals surface area (Å²) in [5, 5.41) is 0. The maximum absolute atomic E-state index is 5.74. The summed E-state index contributed by atoms with van der Waals surface area (Å²) in [5.41, 5.74) is 15.3. The minimum absolute atomic E-state index is 0.366. The fourth-order valence-electron chi connectivity index (χ4n) is 1.69. The van der Waals surface area contributed by atoms with Crippen molar-refractivity contribution in [2.24, 2.45) is 29.1 Å². The predicted molar refractivity (Wildman–Crippen MR) is 78.8 cm³/mol. The zero-order valence-electron chi connectivity index (χ0n) is 11.6. The molecule has 0 radical (unpaired) electrons. The molecule has 19 heavy (non-hydrogen) atoms. The van der Waals surface area contributed by atoms with Gasteiger partial charge in [0.15, 0.2) is 0 Å². The molecule has 0 amide bonds. The lowest BCUT2D eigenvalue weighted by Gasteiger charge is -2.19. The number of ether oxygens (including phenoxy) is 1. The van der Waals surface area contributed by atoms with Crippen molar-refractivity contribution < 1.29 is 4.74 Å². The highest BCUT2D eigenvalue weighted by atomic mass is 16.5. The normalized spacial score (nSPS) is 13.4. The first-order chi connectivity index (χ1) is 9.12. The molecule has 5 heteroatoms. The Balaban J connectivity index is 2.62. The van der Waals surface area contributed by atoms with Crippen molar-refractivity contribution in [3.05, 3.63) is 36.0 Å². The van der Waals surface area contributed by atoms with Crippen LogP contribution in [0.4, 0.5) is 0 Å². The molecule has 0 fully saturated rings. The van der Waals surface area contributed by atoms with Crippen LogP contribution < -0.4 is 27.5 Å². The number of benzene rings is 1. The Hall–Kier alpha value is -1.72. The van der Waals surface area contributed by atoms with Gasteiger partial charge in [0, 0.05) is 17.7 Å². The van der Waals surface area contributed by atoms with Gasteiger partial charge in [-0.1, -0.05) is 13.8 Å². The number of nitrogens with one attached hydrogen (secondary N) is 1. The van der Waals surface area contributed by atoms with E-state index in [1.54, 1.807) is 0 Å². The number of hydrazine groups is 1. The third-order valence-electron chi connectivity index (χ3n) is 3.20. The summed E-state index contributed by atoms with van der Waals surface area (Å²) in [6.45, 7) is 5.56. The van der Waals surface area contributed by atoms with E-state index in [1.165, 1.54) is 6.20 Å². The molecule has 0 spiro atoms. The lowest BCUT2D eigenvalue weighted by atomic mass is 9.97. The molecule has 7 N–H and O–H groups in total. The zero-order chi connectivity index (χ0) is 14.3. The average molecular weight is 264 g/mol. The summed E-state index contributed by atoms with van der Waals surface area (Å²) in [6.07, 6.45) is 1.43. The van der Waals surface area contributed by atoms with Gasteiger partial charge in [-0.25, -0.2) is 0 Å². The van der Waals surface area contributed by atoms with Crippen molar-refractivity contribution in [3.63, 3.8) is 0 Å². The van der Waals surface area contributed by atoms with Crippen LogP contribution in [0.25, 0.3) is 5.70 Å². The van der Waals surface area contributed by atoms with Crippen LogP contribution in [0.1, 0.15) is 19.4 Å². The number of nitrogens with two attached hydrogens (primary N) is 3. The smallest absolute Gasteiger partial charge is 0.119 e. The molecule has 0 aromatic heterocycles. The lowest BCUT2D eigenvalue weighted by molar-refractivity contribution is 0.214. The van der Waals surface area contributed by atoms with Gasteiger partial charge in [-0.2, -0.15) is 0 Å². The second-order valence-electron chi connectivity index (χ2n) is 4.80. The Labute approximate surface area is 114 Å². The second kappa shape index (κ2) is 7.66. The van der Waals surface area contributed by atoms with Gasteiger partial charge in [-0.3, -0.25) is 5.84 Å². The van der Waals surface area contributed by atoms with E-state index in [1.807, 2.05) is 24.3 Å². The van der Waals surface area contributed by atoms with E-state index >= 15 is 0 Å². The van der Waals surface area contributed by atoms with Crippen LogP contribution >= 0.6 is 0 Å². The van der Waals surface area contributed by atoms with Crippen molar-refractivity contribution in [2.75, 3.05) is 13.2 Å². The Morgan fingerprint density at radius 1 is 1.32 bits per heavy atom. The minimum Gasteiger partial charge on any atom is -0.493 e. The van der Waals surface area contributed by atoms with Crippen LogP contribution in [0, 0.1) is 11.8 Å². The van der Waals surface area contributed by atoms with Gasteiger partial charge < -0.3 is 21.6 Å². The Morgan fingerprint density at radius 2 is 1.95 bits per heavy atom. The van der Waals surface area contributed by atoms with Gasteiger partial charge in [0.25, 0.3) is 0 Å². The van der Waals surface area contributed by atoms with Gasteiger partial charge >= 0.3 is 0 Å². The lowest BCUT2D eigenvalue weighted by Crippen LogP contribution is -2.26. The third kappa shape index (κ3) is 4.46. The zero-order valence-corrected chi connectivity index (χ0v) is 11.6. The van der Waals surface area contributed by atoms with Crippen LogP contribution in [0.3, 0.4) is 0 Å². The van der Waals surface area contributed by atoms with Crippen molar-refractivity contribution in [3.8, 4) is 5.75 Å². The quantitative estimate of drug-likeness (QED) is 0.435. The van der Waals surface area contributed by atoms with E-state index in [-0.39, 0.29) is 0 Å². The first-order valence-electron chi connectivity index (χ1n) is 6.44. The Kier molecular flexibility index (Phi) is 6.18. The van der Waals surface area contributed by atoms with Gasteiger partial charge in [0.05, 0.1) is 12.3 Å². The van der Waals surface area contributed by atoms with Gasteiger partial charge in [-0.05, 0) is 36.7 Å². The Morgan fingerprint density at radius 3 is 2.37 bits per heavy atom. The molecular formula is C14H24N4O. The van der Waals surface area contributed by atoms with Crippen LogP contribution in [0.15, 0.2) is 30.5 Å². The van der Waals surface area contributed by atoms with E-state index in [4.69, 9.17) is 22.0 Å². The number of hydrogen-bond donors (Lipinski definition) is 4. The molecule has 5 nitrogen and oxygen atoms in total. The van der Waals surface area contributed by atoms with Crippen LogP contribution in [0.5, 0.6) is 5.75 Å². The molecule has 0 aliphatic heterocycles. The molecule has 0 bridgehead atoms. The van der Waals surface area contributed by atoms with E-state index in [0.717, 1.165) is 11.3 Å². The van der Waals surface area contributed by atoms with E-state index in [9.17, 15) is 0 Å². The fraction of sp³-hybridized carbons (Fsp3) is 0.429. The SMILES string of the molecule is CC(C)C(CN)COc1ccc(/C(=C/N)NN)cc1. The van der Waals surface area contributed by atoms with E-state index in [0.29, 0.717) is 30.7 Å². The topological polar surface area (TPSA) is 99.3 Å². The van der Waals surface area contributed by atoms with Gasteiger partial charge in [-0.15, -0.1) is 0 Å². The molecule has 1 unspecified atom stereocenters. The molecule has 1 atom stereocenters. The predicted octanol–water partition coefficient (Wildman–Crippen LogP) is 1.02. The molecule has 1 aromatic carbocycles. The van der Waals surface area contributed by atoms with Crippen LogP contribution in [-0.2, 0) is 0 Å². The highest BCUT2D eigenvalue weighted by Crippen LogP contribution is 2.18. The monoisotopic (exact) mass is 264 g/mol. The van der Waals surface area contributed by atoms with Crippen molar-refractivity contribution >= 4 is 5.70 Å². The first kappa shape index (κ1) is 15.3. The van der Waals surface area contributed by atoms with E-state index in [2.05, 4.69) is 19.3 Å². The molecule has 0 aliphatic rings. The maximum atomic E-state index is 5.74. The second-order valence-corrected chi connectivity index (χ2v) is 4.80. The number of hydrogen-bond acceptors (Lipinski definition) is 5. The third-order valence-corrected chi connectivity index (χ3v) is 3.20. The largest absolute Gasteiger partial charge is 0.493 e. The van der Waals surface area contributed by atoms with Crippen molar-refractivity contribution in [2.45, 2.75) is 13.8 Å². The summed E-state index contributed by atoms with van der Waals surface area (Å²) in [7, 11) is 0. The maximum Gasteiger partial charge on any atom is 0.119 e. The minimum atomic E-state index is 0.366. The average Bonchev–Trinajstić information content (AvgIpc) is 2.42. The standard InChI is InChI=1S/C14H24N4O/c1-10(2)12(7-15)9-19-13-5-3-11(4-6-13)14(8-16)18-17/h3-6,8,10,12,18H,7,9,15-17H2,1-2H3/b14-8-. The summed E-state index contributed by atoms with van der Waals surface area (Å²) in [5.74, 6) is 7.05. The van der Waals surface area contributed by atoms with Gasteiger partial charge in [0.2, 0.25) is 0 Å². The van der Waals surface area contributed by atoms with Crippen molar-refractivity contribution in [1.82, 2.24) is 5.43 Å². The van der Waals surface area contributed by atoms with E-state index < -0.39 is 0 Å². The summed E-state index contributed by atoms with van der Waals surface area (Å²) in [6, 6.07) is 7.59. The summed E-state index contributed by atoms with van der Waals surface area (Å²) >= 11 is 0. The molecule has 1 aromatic rings. The first-order valence-corrected chi connectivity index (χ1v) is 6.44. The van der Waals surface area contributed by atoms with Crippen molar-refractivity contribution in [1.29, 1.82) is 0 Å². The molecule has 0 heterocycles. The molecule has 0 aliphatic carbocycles. The number of rotatable bonds is 7. The van der Waals surface area contributed by atoms with Crippen LogP contribution in [0.2, 0.25) is 0 Å². The van der Waals surface area contributed by atoms with Crippen LogP contribution in [-0.4, -0.2) is 13.2 Å². The fourth-order valence-corrected chi connectivity index (χ4v) is 1.69.